The lowest BCUT2D eigenvalue weighted by Gasteiger charge is -2.38. The number of likely N-dealkylation sites (tertiary alicyclic amines) is 1. The van der Waals surface area contributed by atoms with Crippen LogP contribution in [0.1, 0.15) is 51.2 Å². The van der Waals surface area contributed by atoms with Crippen LogP contribution < -0.4 is 10.1 Å². The molecule has 6 N–H and O–H groups in total. The maximum absolute atomic E-state index is 13.3. The second-order valence-electron chi connectivity index (χ2n) is 14.5. The molecule has 1 aromatic carbocycles. The molecule has 310 valence electrons. The Kier molecular flexibility index (Phi) is 14.7. The third kappa shape index (κ3) is 11.5. The number of nitrogens with zero attached hydrogens (tertiary/aromatic N) is 2. The Labute approximate surface area is 322 Å². The van der Waals surface area contributed by atoms with Crippen molar-refractivity contribution in [2.24, 2.45) is 5.41 Å². The lowest BCUT2D eigenvalue weighted by molar-refractivity contribution is -0.271. The van der Waals surface area contributed by atoms with Crippen LogP contribution in [0.2, 0.25) is 0 Å². The van der Waals surface area contributed by atoms with Gasteiger partial charge in [-0.3, -0.25) is 33.4 Å². The van der Waals surface area contributed by atoms with Crippen LogP contribution in [0, 0.1) is 5.41 Å². The predicted octanol–water partition coefficient (Wildman–Crippen LogP) is -1.72. The third-order valence-electron chi connectivity index (χ3n) is 9.14. The van der Waals surface area contributed by atoms with Crippen LogP contribution in [-0.2, 0) is 66.1 Å². The van der Waals surface area contributed by atoms with Crippen molar-refractivity contribution in [2.45, 2.75) is 95.9 Å². The van der Waals surface area contributed by atoms with Crippen molar-refractivity contribution in [1.82, 2.24) is 15.1 Å². The molecular formula is C35H47N3O17S. The van der Waals surface area contributed by atoms with E-state index in [0.29, 0.717) is 30.4 Å². The summed E-state index contributed by atoms with van der Waals surface area (Å²) in [5.74, 6) is -5.36. The molecule has 0 saturated carbocycles. The Bertz CT molecular complexity index is 1780. The fourth-order valence-electron chi connectivity index (χ4n) is 6.05. The number of aliphatic hydroxyl groups is 3. The zero-order valence-corrected chi connectivity index (χ0v) is 31.8. The molecule has 0 aromatic heterocycles. The van der Waals surface area contributed by atoms with Crippen LogP contribution in [0.15, 0.2) is 30.4 Å². The summed E-state index contributed by atoms with van der Waals surface area (Å²) in [5.41, 5.74) is 0.192. The molecule has 20 nitrogen and oxygen atoms in total. The average Bonchev–Trinajstić information content (AvgIpc) is 3.60. The first kappa shape index (κ1) is 44.2. The van der Waals surface area contributed by atoms with Gasteiger partial charge in [0.1, 0.15) is 36.7 Å². The Morgan fingerprint density at radius 2 is 1.68 bits per heavy atom. The van der Waals surface area contributed by atoms with E-state index in [9.17, 15) is 57.6 Å². The molecule has 0 aliphatic carbocycles. The molecule has 3 heterocycles. The normalized spacial score (nSPS) is 25.5. The molecule has 4 amide bonds. The minimum Gasteiger partial charge on any atom is -0.479 e. The zero-order chi connectivity index (χ0) is 41.5. The lowest BCUT2D eigenvalue weighted by atomic mass is 9.97. The number of carbonyl (C=O) groups excluding carboxylic acids is 5. The number of benzene rings is 1. The number of hydrogen-bond donors (Lipinski definition) is 6. The molecule has 4 rings (SSSR count). The van der Waals surface area contributed by atoms with Gasteiger partial charge in [0.2, 0.25) is 18.1 Å². The van der Waals surface area contributed by atoms with Crippen LogP contribution >= 0.6 is 0 Å². The Morgan fingerprint density at radius 1 is 1.00 bits per heavy atom. The lowest BCUT2D eigenvalue weighted by Crippen LogP contribution is -2.61. The third-order valence-corrected chi connectivity index (χ3v) is 9.82. The summed E-state index contributed by atoms with van der Waals surface area (Å²) in [5, 5.41) is 43.0. The molecular weight excluding hydrogens is 766 g/mol. The van der Waals surface area contributed by atoms with E-state index < -0.39 is 113 Å². The van der Waals surface area contributed by atoms with E-state index in [-0.39, 0.29) is 31.9 Å². The number of esters is 1. The molecule has 0 unspecified atom stereocenters. The smallest absolute Gasteiger partial charge is 0.335 e. The second-order valence-corrected chi connectivity index (χ2v) is 16.1. The van der Waals surface area contributed by atoms with Crippen molar-refractivity contribution in [3.8, 4) is 5.75 Å². The second kappa shape index (κ2) is 18.6. The number of aliphatic carboxylic acids is 1. The molecule has 0 radical (unpaired) electrons. The van der Waals surface area contributed by atoms with Gasteiger partial charge < -0.3 is 49.6 Å². The predicted molar refractivity (Wildman–Crippen MR) is 189 cm³/mol. The minimum absolute atomic E-state index is 0.0486. The van der Waals surface area contributed by atoms with E-state index in [0.717, 1.165) is 22.0 Å². The van der Waals surface area contributed by atoms with Gasteiger partial charge in [0.05, 0.1) is 37.0 Å². The highest BCUT2D eigenvalue weighted by Gasteiger charge is 2.49. The highest BCUT2D eigenvalue weighted by molar-refractivity contribution is 7.85. The van der Waals surface area contributed by atoms with Crippen LogP contribution in [-0.4, -0.2) is 154 Å². The maximum atomic E-state index is 13.3. The number of imide groups is 1. The van der Waals surface area contributed by atoms with Crippen molar-refractivity contribution in [1.29, 1.82) is 0 Å². The molecule has 56 heavy (non-hydrogen) atoms. The molecule has 2 saturated heterocycles. The summed E-state index contributed by atoms with van der Waals surface area (Å²) in [7, 11) is -4.31. The molecule has 2 fully saturated rings. The van der Waals surface area contributed by atoms with E-state index in [4.69, 9.17) is 23.5 Å². The number of hydrogen-bond acceptors (Lipinski definition) is 15. The monoisotopic (exact) mass is 813 g/mol. The highest BCUT2D eigenvalue weighted by atomic mass is 32.2. The number of aliphatic hydroxyl groups excluding tert-OH is 3. The maximum Gasteiger partial charge on any atom is 0.335 e. The quantitative estimate of drug-likeness (QED) is 0.0416. The molecule has 1 aromatic rings. The Morgan fingerprint density at radius 3 is 2.30 bits per heavy atom. The first-order valence-electron chi connectivity index (χ1n) is 17.7. The molecule has 3 aliphatic heterocycles. The molecule has 21 heteroatoms. The summed E-state index contributed by atoms with van der Waals surface area (Å²) >= 11 is 0. The molecule has 3 aliphatic rings. The van der Waals surface area contributed by atoms with Crippen LogP contribution in [0.4, 0.5) is 0 Å². The number of rotatable bonds is 18. The number of carboxylic acids is 1. The van der Waals surface area contributed by atoms with Gasteiger partial charge in [-0.15, -0.1) is 0 Å². The SMILES string of the molecule is CC(C)(C)C(=O)OCc1ccc(CCCCNC(=O)CN2C(=O)[C@H](N3C(=O)C=CC3=O)C[C@H]2COCCS(=O)(=O)O)cc1O[C@@H]1O[C@H](C(=O)O)[C@@H](O)[C@H](O)[C@H]1O. The van der Waals surface area contributed by atoms with E-state index in [2.05, 4.69) is 5.32 Å². The number of amides is 4. The van der Waals surface area contributed by atoms with Gasteiger partial charge in [-0.25, -0.2) is 4.79 Å². The number of unbranched alkanes of at least 4 members (excludes halogenated alkanes) is 1. The highest BCUT2D eigenvalue weighted by Crippen LogP contribution is 2.30. The largest absolute Gasteiger partial charge is 0.479 e. The fourth-order valence-corrected chi connectivity index (χ4v) is 6.38. The summed E-state index contributed by atoms with van der Waals surface area (Å²) in [6.07, 6.45) is -5.93. The summed E-state index contributed by atoms with van der Waals surface area (Å²) in [6, 6.07) is 2.89. The standard InChI is InChI=1S/C35H47N3O17S/c1-35(2,3)34(48)53-17-20-8-7-19(14-23(20)54-33-29(44)27(42)28(43)30(55-33)32(46)47)6-4-5-11-36-24(39)16-37-21(18-52-12-13-56(49,50)51)15-22(31(37)45)38-25(40)9-10-26(38)41/h7-10,14,21-22,27-30,33,42-44H,4-6,11-13,15-18H2,1-3H3,(H,36,39)(H,46,47)(H,49,50,51)/t21-,22+,27-,28-,29+,30-,33+/m0/s1. The van der Waals surface area contributed by atoms with Gasteiger partial charge in [0.25, 0.3) is 21.9 Å². The van der Waals surface area contributed by atoms with E-state index >= 15 is 0 Å². The minimum atomic E-state index is -4.31. The van der Waals surface area contributed by atoms with Crippen molar-refractivity contribution < 1.29 is 81.1 Å². The molecule has 0 bridgehead atoms. The number of aryl methyl sites for hydroxylation is 1. The van der Waals surface area contributed by atoms with Crippen molar-refractivity contribution in [3.05, 3.63) is 41.5 Å². The van der Waals surface area contributed by atoms with Gasteiger partial charge in [0, 0.05) is 30.7 Å². The van der Waals surface area contributed by atoms with Gasteiger partial charge in [-0.2, -0.15) is 8.42 Å². The zero-order valence-electron chi connectivity index (χ0n) is 30.9. The van der Waals surface area contributed by atoms with Crippen molar-refractivity contribution in [2.75, 3.05) is 32.1 Å². The Hall–Kier alpha value is -4.51. The molecule has 7 atom stereocenters. The van der Waals surface area contributed by atoms with Gasteiger partial charge in [0.15, 0.2) is 6.10 Å². The van der Waals surface area contributed by atoms with Crippen LogP contribution in [0.5, 0.6) is 5.75 Å². The number of nitrogens with one attached hydrogen (secondary N) is 1. The first-order chi connectivity index (χ1) is 26.2. The van der Waals surface area contributed by atoms with Crippen LogP contribution in [0.3, 0.4) is 0 Å². The van der Waals surface area contributed by atoms with Crippen molar-refractivity contribution >= 4 is 45.7 Å². The van der Waals surface area contributed by atoms with Gasteiger partial charge >= 0.3 is 11.9 Å². The van der Waals surface area contributed by atoms with E-state index in [1.165, 1.54) is 0 Å². The number of ether oxygens (including phenoxy) is 4. The van der Waals surface area contributed by atoms with Gasteiger partial charge in [-0.05, 0) is 51.7 Å². The van der Waals surface area contributed by atoms with Crippen LogP contribution in [0.25, 0.3) is 0 Å². The van der Waals surface area contributed by atoms with Gasteiger partial charge in [-0.1, -0.05) is 12.1 Å². The average molecular weight is 814 g/mol. The van der Waals surface area contributed by atoms with E-state index in [1.807, 2.05) is 0 Å². The summed E-state index contributed by atoms with van der Waals surface area (Å²) < 4.78 is 52.9. The number of carboxylic acid groups (broad SMARTS) is 1. The number of carbonyl (C=O) groups is 6. The fraction of sp³-hybridized carbons (Fsp3) is 0.600. The summed E-state index contributed by atoms with van der Waals surface area (Å²) in [4.78, 5) is 76.8. The Balaban J connectivity index is 1.36. The van der Waals surface area contributed by atoms with E-state index in [1.54, 1.807) is 39.0 Å². The van der Waals surface area contributed by atoms with Crippen molar-refractivity contribution in [3.63, 3.8) is 0 Å². The molecule has 0 spiro atoms. The topological polar surface area (TPSA) is 293 Å². The first-order valence-corrected chi connectivity index (χ1v) is 19.3. The summed E-state index contributed by atoms with van der Waals surface area (Å²) in [6.45, 7) is 3.84.